The number of aromatic nitrogens is 1. The van der Waals surface area contributed by atoms with Gasteiger partial charge in [-0.2, -0.15) is 0 Å². The predicted molar refractivity (Wildman–Crippen MR) is 57.9 cm³/mol. The van der Waals surface area contributed by atoms with Crippen molar-refractivity contribution in [1.29, 1.82) is 0 Å². The van der Waals surface area contributed by atoms with Crippen molar-refractivity contribution in [3.63, 3.8) is 0 Å². The van der Waals surface area contributed by atoms with E-state index in [1.54, 1.807) is 37.6 Å². The Labute approximate surface area is 88.0 Å². The van der Waals surface area contributed by atoms with Gasteiger partial charge in [0.1, 0.15) is 17.2 Å². The van der Waals surface area contributed by atoms with Gasteiger partial charge in [0.25, 0.3) is 0 Å². The van der Waals surface area contributed by atoms with Crippen molar-refractivity contribution in [2.45, 2.75) is 0 Å². The number of methoxy groups -OCH3 is 1. The molecule has 1 heterocycles. The topological polar surface area (TPSA) is 42.4 Å². The van der Waals surface area contributed by atoms with Crippen LogP contribution < -0.4 is 4.74 Å². The van der Waals surface area contributed by atoms with Crippen molar-refractivity contribution >= 4 is 0 Å². The van der Waals surface area contributed by atoms with Crippen molar-refractivity contribution in [3.8, 4) is 22.8 Å². The zero-order valence-electron chi connectivity index (χ0n) is 8.34. The lowest BCUT2D eigenvalue weighted by molar-refractivity contribution is 0.415. The van der Waals surface area contributed by atoms with E-state index in [1.165, 1.54) is 0 Å². The molecule has 1 aromatic carbocycles. The van der Waals surface area contributed by atoms with Crippen LogP contribution in [0.1, 0.15) is 0 Å². The molecule has 0 aliphatic carbocycles. The average molecular weight is 201 g/mol. The fourth-order valence-corrected chi connectivity index (χ4v) is 1.39. The second-order valence-corrected chi connectivity index (χ2v) is 3.10. The van der Waals surface area contributed by atoms with E-state index in [9.17, 15) is 5.11 Å². The Morgan fingerprint density at radius 1 is 1.13 bits per heavy atom. The number of phenols is 1. The SMILES string of the molecule is COc1cccnc1-c1ccc(O)cc1. The molecule has 0 aliphatic heterocycles. The summed E-state index contributed by atoms with van der Waals surface area (Å²) in [6.07, 6.45) is 1.71. The summed E-state index contributed by atoms with van der Waals surface area (Å²) in [6, 6.07) is 10.5. The Hall–Kier alpha value is -2.03. The van der Waals surface area contributed by atoms with Crippen molar-refractivity contribution < 1.29 is 9.84 Å². The molecule has 0 saturated heterocycles. The van der Waals surface area contributed by atoms with Gasteiger partial charge in [-0.3, -0.25) is 4.98 Å². The molecule has 0 amide bonds. The quantitative estimate of drug-likeness (QED) is 0.811. The Bertz CT molecular complexity index is 451. The molecule has 0 spiro atoms. The zero-order valence-corrected chi connectivity index (χ0v) is 8.34. The summed E-state index contributed by atoms with van der Waals surface area (Å²) in [5, 5.41) is 9.18. The standard InChI is InChI=1S/C12H11NO2/c1-15-11-3-2-8-13-12(11)9-4-6-10(14)7-5-9/h2-8,14H,1H3. The minimum Gasteiger partial charge on any atom is -0.508 e. The molecule has 1 aromatic heterocycles. The van der Waals surface area contributed by atoms with Crippen LogP contribution in [0.2, 0.25) is 0 Å². The molecule has 0 radical (unpaired) electrons. The number of nitrogens with zero attached hydrogens (tertiary/aromatic N) is 1. The van der Waals surface area contributed by atoms with E-state index in [2.05, 4.69) is 4.98 Å². The van der Waals surface area contributed by atoms with E-state index in [0.29, 0.717) is 0 Å². The van der Waals surface area contributed by atoms with Crippen LogP contribution in [0.25, 0.3) is 11.3 Å². The van der Waals surface area contributed by atoms with E-state index < -0.39 is 0 Å². The lowest BCUT2D eigenvalue weighted by Gasteiger charge is -2.06. The minimum atomic E-state index is 0.244. The van der Waals surface area contributed by atoms with Crippen LogP contribution in [0.15, 0.2) is 42.6 Å². The first-order chi connectivity index (χ1) is 7.31. The van der Waals surface area contributed by atoms with Gasteiger partial charge in [0.15, 0.2) is 0 Å². The van der Waals surface area contributed by atoms with Crippen molar-refractivity contribution in [2.75, 3.05) is 7.11 Å². The maximum Gasteiger partial charge on any atom is 0.145 e. The molecule has 15 heavy (non-hydrogen) atoms. The summed E-state index contributed by atoms with van der Waals surface area (Å²) in [4.78, 5) is 4.24. The molecule has 2 aromatic rings. The third-order valence-electron chi connectivity index (χ3n) is 2.13. The van der Waals surface area contributed by atoms with Crippen LogP contribution in [0.4, 0.5) is 0 Å². The van der Waals surface area contributed by atoms with Crippen molar-refractivity contribution in [1.82, 2.24) is 4.98 Å². The first kappa shape index (κ1) is 9.52. The average Bonchev–Trinajstić information content (AvgIpc) is 2.30. The van der Waals surface area contributed by atoms with Crippen LogP contribution >= 0.6 is 0 Å². The van der Waals surface area contributed by atoms with Crippen molar-refractivity contribution in [2.24, 2.45) is 0 Å². The molecule has 3 nitrogen and oxygen atoms in total. The highest BCUT2D eigenvalue weighted by atomic mass is 16.5. The van der Waals surface area contributed by atoms with Gasteiger partial charge >= 0.3 is 0 Å². The van der Waals surface area contributed by atoms with Gasteiger partial charge in [-0.25, -0.2) is 0 Å². The smallest absolute Gasteiger partial charge is 0.145 e. The van der Waals surface area contributed by atoms with Gasteiger partial charge in [0, 0.05) is 11.8 Å². The third-order valence-corrected chi connectivity index (χ3v) is 2.13. The number of rotatable bonds is 2. The highest BCUT2D eigenvalue weighted by molar-refractivity contribution is 5.66. The molecule has 0 unspecified atom stereocenters. The molecular formula is C12H11NO2. The van der Waals surface area contributed by atoms with Gasteiger partial charge in [-0.15, -0.1) is 0 Å². The highest BCUT2D eigenvalue weighted by Gasteiger charge is 2.05. The lowest BCUT2D eigenvalue weighted by atomic mass is 10.1. The number of hydrogen-bond donors (Lipinski definition) is 1. The number of aromatic hydroxyl groups is 1. The number of phenolic OH excluding ortho intramolecular Hbond substituents is 1. The second-order valence-electron chi connectivity index (χ2n) is 3.10. The third kappa shape index (κ3) is 1.91. The van der Waals surface area contributed by atoms with E-state index >= 15 is 0 Å². The number of hydrogen-bond acceptors (Lipinski definition) is 3. The first-order valence-electron chi connectivity index (χ1n) is 4.59. The molecule has 0 fully saturated rings. The second kappa shape index (κ2) is 4.00. The summed E-state index contributed by atoms with van der Waals surface area (Å²) in [5.74, 6) is 0.969. The zero-order chi connectivity index (χ0) is 10.7. The predicted octanol–water partition coefficient (Wildman–Crippen LogP) is 2.46. The van der Waals surface area contributed by atoms with Crippen LogP contribution in [0.5, 0.6) is 11.5 Å². The first-order valence-corrected chi connectivity index (χ1v) is 4.59. The van der Waals surface area contributed by atoms with Gasteiger partial charge in [0.2, 0.25) is 0 Å². The molecule has 0 saturated carbocycles. The van der Waals surface area contributed by atoms with Gasteiger partial charge in [-0.1, -0.05) is 0 Å². The van der Waals surface area contributed by atoms with Crippen LogP contribution in [0.3, 0.4) is 0 Å². The molecule has 76 valence electrons. The molecular weight excluding hydrogens is 190 g/mol. The largest absolute Gasteiger partial charge is 0.508 e. The number of benzene rings is 1. The van der Waals surface area contributed by atoms with Crippen LogP contribution in [-0.2, 0) is 0 Å². The van der Waals surface area contributed by atoms with Crippen molar-refractivity contribution in [3.05, 3.63) is 42.6 Å². The lowest BCUT2D eigenvalue weighted by Crippen LogP contribution is -1.89. The molecule has 0 atom stereocenters. The molecule has 2 rings (SSSR count). The maximum absolute atomic E-state index is 9.18. The number of ether oxygens (including phenoxy) is 1. The van der Waals surface area contributed by atoms with E-state index in [4.69, 9.17) is 4.74 Å². The summed E-state index contributed by atoms with van der Waals surface area (Å²) >= 11 is 0. The Balaban J connectivity index is 2.49. The molecule has 1 N–H and O–H groups in total. The van der Waals surface area contributed by atoms with Gasteiger partial charge in [0.05, 0.1) is 7.11 Å². The fraction of sp³-hybridized carbons (Fsp3) is 0.0833. The van der Waals surface area contributed by atoms with Gasteiger partial charge in [-0.05, 0) is 36.4 Å². The van der Waals surface area contributed by atoms with E-state index in [1.807, 2.05) is 12.1 Å². The summed E-state index contributed by atoms with van der Waals surface area (Å²) in [6.45, 7) is 0. The highest BCUT2D eigenvalue weighted by Crippen LogP contribution is 2.27. The van der Waals surface area contributed by atoms with E-state index in [0.717, 1.165) is 17.0 Å². The maximum atomic E-state index is 9.18. The Morgan fingerprint density at radius 2 is 1.87 bits per heavy atom. The Morgan fingerprint density at radius 3 is 2.53 bits per heavy atom. The summed E-state index contributed by atoms with van der Waals surface area (Å²) < 4.78 is 5.20. The molecule has 0 bridgehead atoms. The minimum absolute atomic E-state index is 0.244. The molecule has 0 aliphatic rings. The fourth-order valence-electron chi connectivity index (χ4n) is 1.39. The van der Waals surface area contributed by atoms with Crippen LogP contribution in [-0.4, -0.2) is 17.2 Å². The number of pyridine rings is 1. The van der Waals surface area contributed by atoms with Gasteiger partial charge < -0.3 is 9.84 Å². The molecule has 3 heteroatoms. The normalized spacial score (nSPS) is 9.93. The monoisotopic (exact) mass is 201 g/mol. The van der Waals surface area contributed by atoms with E-state index in [-0.39, 0.29) is 5.75 Å². The summed E-state index contributed by atoms with van der Waals surface area (Å²) in [7, 11) is 1.61. The Kier molecular flexibility index (Phi) is 2.54. The van der Waals surface area contributed by atoms with Crippen LogP contribution in [0, 0.1) is 0 Å². The summed E-state index contributed by atoms with van der Waals surface area (Å²) in [5.41, 5.74) is 1.70.